The van der Waals surface area contributed by atoms with Gasteiger partial charge < -0.3 is 11.2 Å². The summed E-state index contributed by atoms with van der Waals surface area (Å²) in [7, 11) is 0. The highest BCUT2D eigenvalue weighted by Crippen LogP contribution is 2.18. The molecule has 0 unspecified atom stereocenters. The average molecular weight is 410 g/mol. The van der Waals surface area contributed by atoms with Gasteiger partial charge >= 0.3 is 0 Å². The lowest BCUT2D eigenvalue weighted by Gasteiger charge is -2.10. The standard InChI is InChI=1S/C21H23N5O2S/c1-13-5-8-16(9-6-13)11-18-20(28)26(22)21(25-24-18)29-12-19(27)23-17-10-14(2)4-7-15(17)3/h4-10H,11-12,22H2,1-3H3,(H,23,27). The molecule has 0 fully saturated rings. The maximum atomic E-state index is 12.5. The van der Waals surface area contributed by atoms with Gasteiger partial charge in [0.2, 0.25) is 11.1 Å². The zero-order chi connectivity index (χ0) is 21.0. The molecule has 0 aliphatic carbocycles. The molecule has 1 heterocycles. The van der Waals surface area contributed by atoms with Crippen molar-refractivity contribution in [2.45, 2.75) is 32.3 Å². The molecule has 0 saturated carbocycles. The lowest BCUT2D eigenvalue weighted by Crippen LogP contribution is -2.34. The van der Waals surface area contributed by atoms with E-state index in [4.69, 9.17) is 5.84 Å². The molecular formula is C21H23N5O2S. The summed E-state index contributed by atoms with van der Waals surface area (Å²) in [6.45, 7) is 5.89. The highest BCUT2D eigenvalue weighted by atomic mass is 32.2. The first kappa shape index (κ1) is 20.6. The first-order chi connectivity index (χ1) is 13.8. The predicted molar refractivity (Wildman–Crippen MR) is 116 cm³/mol. The molecule has 0 spiro atoms. The Labute approximate surface area is 173 Å². The van der Waals surface area contributed by atoms with Crippen LogP contribution < -0.4 is 16.7 Å². The molecule has 0 saturated heterocycles. The third-order valence-electron chi connectivity index (χ3n) is 4.42. The van der Waals surface area contributed by atoms with Gasteiger partial charge in [-0.2, -0.15) is 4.68 Å². The van der Waals surface area contributed by atoms with Crippen molar-refractivity contribution in [2.24, 2.45) is 0 Å². The van der Waals surface area contributed by atoms with E-state index in [-0.39, 0.29) is 22.5 Å². The van der Waals surface area contributed by atoms with E-state index in [2.05, 4.69) is 15.5 Å². The zero-order valence-corrected chi connectivity index (χ0v) is 17.4. The van der Waals surface area contributed by atoms with Gasteiger partial charge in [0.25, 0.3) is 5.56 Å². The normalized spacial score (nSPS) is 10.7. The number of benzene rings is 2. The van der Waals surface area contributed by atoms with Crippen LogP contribution in [0.3, 0.4) is 0 Å². The molecule has 3 N–H and O–H groups in total. The number of nitrogens with one attached hydrogen (secondary N) is 1. The van der Waals surface area contributed by atoms with Crippen molar-refractivity contribution in [3.8, 4) is 0 Å². The number of nitrogens with two attached hydrogens (primary N) is 1. The van der Waals surface area contributed by atoms with Gasteiger partial charge in [0, 0.05) is 12.1 Å². The Kier molecular flexibility index (Phi) is 6.33. The van der Waals surface area contributed by atoms with Crippen LogP contribution in [0.4, 0.5) is 5.69 Å². The van der Waals surface area contributed by atoms with Crippen LogP contribution in [0.15, 0.2) is 52.4 Å². The molecule has 2 aromatic carbocycles. The number of anilines is 1. The van der Waals surface area contributed by atoms with Crippen LogP contribution in [0, 0.1) is 20.8 Å². The van der Waals surface area contributed by atoms with Gasteiger partial charge in [-0.1, -0.05) is 53.7 Å². The average Bonchev–Trinajstić information content (AvgIpc) is 2.69. The number of aryl methyl sites for hydroxylation is 3. The molecule has 3 aromatic rings. The molecule has 1 amide bonds. The fourth-order valence-electron chi connectivity index (χ4n) is 2.72. The van der Waals surface area contributed by atoms with Crippen LogP contribution in [-0.2, 0) is 11.2 Å². The van der Waals surface area contributed by atoms with Gasteiger partial charge in [-0.05, 0) is 43.5 Å². The van der Waals surface area contributed by atoms with Gasteiger partial charge in [0.15, 0.2) is 0 Å². The maximum Gasteiger partial charge on any atom is 0.294 e. The molecular weight excluding hydrogens is 386 g/mol. The van der Waals surface area contributed by atoms with E-state index in [0.29, 0.717) is 6.42 Å². The number of nitrogen functional groups attached to an aromatic ring is 1. The second-order valence-corrected chi connectivity index (χ2v) is 7.86. The minimum atomic E-state index is -0.419. The first-order valence-corrected chi connectivity index (χ1v) is 10.1. The molecule has 0 aliphatic heterocycles. The summed E-state index contributed by atoms with van der Waals surface area (Å²) in [6.07, 6.45) is 0.349. The lowest BCUT2D eigenvalue weighted by molar-refractivity contribution is -0.113. The van der Waals surface area contributed by atoms with Crippen LogP contribution in [-0.4, -0.2) is 26.5 Å². The van der Waals surface area contributed by atoms with E-state index in [1.165, 1.54) is 0 Å². The fraction of sp³-hybridized carbons (Fsp3) is 0.238. The Morgan fingerprint density at radius 2 is 1.76 bits per heavy atom. The first-order valence-electron chi connectivity index (χ1n) is 9.12. The number of amides is 1. The lowest BCUT2D eigenvalue weighted by atomic mass is 10.1. The summed E-state index contributed by atoms with van der Waals surface area (Å²) in [4.78, 5) is 24.8. The minimum Gasteiger partial charge on any atom is -0.334 e. The summed E-state index contributed by atoms with van der Waals surface area (Å²) in [5.41, 5.74) is 4.74. The zero-order valence-electron chi connectivity index (χ0n) is 16.6. The van der Waals surface area contributed by atoms with Gasteiger partial charge in [-0.15, -0.1) is 10.2 Å². The molecule has 0 radical (unpaired) electrons. The van der Waals surface area contributed by atoms with E-state index in [9.17, 15) is 9.59 Å². The SMILES string of the molecule is Cc1ccc(Cc2nnc(SCC(=O)Nc3cc(C)ccc3C)n(N)c2=O)cc1. The topological polar surface area (TPSA) is 103 Å². The molecule has 8 heteroatoms. The van der Waals surface area contributed by atoms with Crippen LogP contribution in [0.25, 0.3) is 0 Å². The Morgan fingerprint density at radius 3 is 2.48 bits per heavy atom. The Balaban J connectivity index is 1.66. The second-order valence-electron chi connectivity index (χ2n) is 6.92. The molecule has 0 aliphatic rings. The van der Waals surface area contributed by atoms with E-state index in [0.717, 1.165) is 44.4 Å². The Bertz CT molecular complexity index is 1090. The highest BCUT2D eigenvalue weighted by Gasteiger charge is 2.13. The number of hydrogen-bond donors (Lipinski definition) is 2. The number of carbonyl (C=O) groups is 1. The molecule has 3 rings (SSSR count). The van der Waals surface area contributed by atoms with E-state index >= 15 is 0 Å². The van der Waals surface area contributed by atoms with Crippen molar-refractivity contribution in [3.63, 3.8) is 0 Å². The van der Waals surface area contributed by atoms with E-state index < -0.39 is 5.56 Å². The number of rotatable bonds is 6. The number of carbonyl (C=O) groups excluding carboxylic acids is 1. The van der Waals surface area contributed by atoms with Crippen molar-refractivity contribution in [3.05, 3.63) is 80.8 Å². The molecule has 7 nitrogen and oxygen atoms in total. The monoisotopic (exact) mass is 409 g/mol. The molecule has 0 bridgehead atoms. The summed E-state index contributed by atoms with van der Waals surface area (Å²) >= 11 is 1.07. The predicted octanol–water partition coefficient (Wildman–Crippen LogP) is 2.60. The largest absolute Gasteiger partial charge is 0.334 e. The van der Waals surface area contributed by atoms with Crippen molar-refractivity contribution >= 4 is 23.4 Å². The maximum absolute atomic E-state index is 12.5. The number of aromatic nitrogens is 3. The Hall–Kier alpha value is -3.13. The summed E-state index contributed by atoms with van der Waals surface area (Å²) in [6, 6.07) is 13.7. The fourth-order valence-corrected chi connectivity index (χ4v) is 3.37. The molecule has 1 aromatic heterocycles. The van der Waals surface area contributed by atoms with Crippen LogP contribution in [0.5, 0.6) is 0 Å². The van der Waals surface area contributed by atoms with Gasteiger partial charge in [0.05, 0.1) is 5.75 Å². The smallest absolute Gasteiger partial charge is 0.294 e. The van der Waals surface area contributed by atoms with Crippen LogP contribution in [0.2, 0.25) is 0 Å². The van der Waals surface area contributed by atoms with Gasteiger partial charge in [-0.25, -0.2) is 0 Å². The molecule has 150 valence electrons. The van der Waals surface area contributed by atoms with E-state index in [1.54, 1.807) is 0 Å². The van der Waals surface area contributed by atoms with Gasteiger partial charge in [-0.3, -0.25) is 9.59 Å². The van der Waals surface area contributed by atoms with Crippen LogP contribution >= 0.6 is 11.8 Å². The van der Waals surface area contributed by atoms with E-state index in [1.807, 2.05) is 63.2 Å². The van der Waals surface area contributed by atoms with Gasteiger partial charge in [0.1, 0.15) is 5.69 Å². The molecule has 29 heavy (non-hydrogen) atoms. The number of nitrogens with zero attached hydrogens (tertiary/aromatic N) is 3. The number of hydrogen-bond acceptors (Lipinski definition) is 6. The third kappa shape index (κ3) is 5.23. The van der Waals surface area contributed by atoms with Crippen LogP contribution in [0.1, 0.15) is 27.9 Å². The van der Waals surface area contributed by atoms with Crippen molar-refractivity contribution in [2.75, 3.05) is 16.9 Å². The van der Waals surface area contributed by atoms with Crippen molar-refractivity contribution in [1.29, 1.82) is 0 Å². The Morgan fingerprint density at radius 1 is 1.07 bits per heavy atom. The summed E-state index contributed by atoms with van der Waals surface area (Å²) < 4.78 is 0.951. The summed E-state index contributed by atoms with van der Waals surface area (Å²) in [5.74, 6) is 5.75. The van der Waals surface area contributed by atoms with Crippen molar-refractivity contribution < 1.29 is 4.79 Å². The number of thioether (sulfide) groups is 1. The summed E-state index contributed by atoms with van der Waals surface area (Å²) in [5, 5.41) is 11.1. The minimum absolute atomic E-state index is 0.0655. The second kappa shape index (κ2) is 8.91. The van der Waals surface area contributed by atoms with Crippen molar-refractivity contribution in [1.82, 2.24) is 14.9 Å². The molecule has 0 atom stereocenters. The third-order valence-corrected chi connectivity index (χ3v) is 5.36. The quantitative estimate of drug-likeness (QED) is 0.479. The highest BCUT2D eigenvalue weighted by molar-refractivity contribution is 7.99.